The predicted molar refractivity (Wildman–Crippen MR) is 68.0 cm³/mol. The molecule has 98 valence electrons. The Morgan fingerprint density at radius 1 is 1.33 bits per heavy atom. The zero-order chi connectivity index (χ0) is 13.1. The highest BCUT2D eigenvalue weighted by atomic mass is 16.5. The lowest BCUT2D eigenvalue weighted by molar-refractivity contribution is 0.0681. The first-order chi connectivity index (χ1) is 8.56. The van der Waals surface area contributed by atoms with Gasteiger partial charge in [-0.1, -0.05) is 6.92 Å². The van der Waals surface area contributed by atoms with Crippen LogP contribution in [-0.2, 0) is 0 Å². The summed E-state index contributed by atoms with van der Waals surface area (Å²) in [5.74, 6) is 0.0259. The summed E-state index contributed by atoms with van der Waals surface area (Å²) in [6, 6.07) is 3.25. The van der Waals surface area contributed by atoms with Gasteiger partial charge in [0.15, 0.2) is 0 Å². The smallest absolute Gasteiger partial charge is 0.341 e. The third-order valence-electron chi connectivity index (χ3n) is 3.47. The monoisotopic (exact) mass is 249 g/mol. The van der Waals surface area contributed by atoms with E-state index < -0.39 is 5.97 Å². The van der Waals surface area contributed by atoms with Crippen molar-refractivity contribution in [3.8, 4) is 5.88 Å². The average Bonchev–Trinajstić information content (AvgIpc) is 2.32. The number of aromatic nitrogens is 1. The number of carboxylic acid groups (broad SMARTS) is 1. The number of hydrogen-bond donors (Lipinski definition) is 1. The summed E-state index contributed by atoms with van der Waals surface area (Å²) in [6.07, 6.45) is 4.34. The molecule has 4 heteroatoms. The van der Waals surface area contributed by atoms with E-state index in [1.54, 1.807) is 12.1 Å². The number of ether oxygens (including phenoxy) is 1. The highest BCUT2D eigenvalue weighted by molar-refractivity contribution is 5.90. The minimum atomic E-state index is -0.985. The quantitative estimate of drug-likeness (QED) is 0.894. The van der Waals surface area contributed by atoms with Crippen LogP contribution in [0.2, 0.25) is 0 Å². The highest BCUT2D eigenvalue weighted by Gasteiger charge is 2.22. The van der Waals surface area contributed by atoms with Crippen molar-refractivity contribution in [2.45, 2.75) is 45.6 Å². The van der Waals surface area contributed by atoms with Gasteiger partial charge in [0.2, 0.25) is 5.88 Å². The van der Waals surface area contributed by atoms with E-state index in [2.05, 4.69) is 11.9 Å². The maximum Gasteiger partial charge on any atom is 0.341 e. The van der Waals surface area contributed by atoms with E-state index in [1.165, 1.54) is 0 Å². The summed E-state index contributed by atoms with van der Waals surface area (Å²) in [6.45, 7) is 4.07. The number of aryl methyl sites for hydroxylation is 1. The molecule has 1 fully saturated rings. The summed E-state index contributed by atoms with van der Waals surface area (Å²) in [7, 11) is 0. The lowest BCUT2D eigenvalue weighted by Gasteiger charge is -2.26. The van der Waals surface area contributed by atoms with Crippen molar-refractivity contribution < 1.29 is 14.6 Å². The van der Waals surface area contributed by atoms with Crippen molar-refractivity contribution in [2.24, 2.45) is 5.92 Å². The summed E-state index contributed by atoms with van der Waals surface area (Å²) in [5, 5.41) is 9.11. The van der Waals surface area contributed by atoms with Crippen LogP contribution in [0, 0.1) is 12.8 Å². The molecular formula is C14H19NO3. The number of hydrogen-bond acceptors (Lipinski definition) is 3. The van der Waals surface area contributed by atoms with Crippen LogP contribution in [0.4, 0.5) is 0 Å². The van der Waals surface area contributed by atoms with E-state index in [9.17, 15) is 4.79 Å². The summed E-state index contributed by atoms with van der Waals surface area (Å²) < 4.78 is 5.78. The molecule has 0 bridgehead atoms. The molecule has 0 radical (unpaired) electrons. The molecule has 0 unspecified atom stereocenters. The molecule has 0 spiro atoms. The molecule has 1 saturated carbocycles. The number of carbonyl (C=O) groups is 1. The van der Waals surface area contributed by atoms with E-state index in [0.29, 0.717) is 0 Å². The van der Waals surface area contributed by atoms with Crippen molar-refractivity contribution in [3.63, 3.8) is 0 Å². The Morgan fingerprint density at radius 3 is 2.61 bits per heavy atom. The fourth-order valence-corrected chi connectivity index (χ4v) is 2.29. The summed E-state index contributed by atoms with van der Waals surface area (Å²) in [5.41, 5.74) is 0.929. The van der Waals surface area contributed by atoms with Crippen LogP contribution in [0.1, 0.15) is 48.7 Å². The van der Waals surface area contributed by atoms with Crippen molar-refractivity contribution in [1.29, 1.82) is 0 Å². The van der Waals surface area contributed by atoms with Gasteiger partial charge in [-0.25, -0.2) is 9.78 Å². The van der Waals surface area contributed by atoms with E-state index in [4.69, 9.17) is 9.84 Å². The Morgan fingerprint density at radius 2 is 2.00 bits per heavy atom. The molecule has 0 amide bonds. The van der Waals surface area contributed by atoms with Crippen molar-refractivity contribution in [1.82, 2.24) is 4.98 Å². The molecule has 0 aromatic carbocycles. The Labute approximate surface area is 107 Å². The zero-order valence-electron chi connectivity index (χ0n) is 10.8. The topological polar surface area (TPSA) is 59.4 Å². The second-order valence-corrected chi connectivity index (χ2v) is 5.11. The van der Waals surface area contributed by atoms with Gasteiger partial charge in [0, 0.05) is 5.69 Å². The Bertz CT molecular complexity index is 437. The maximum atomic E-state index is 11.1. The molecule has 0 atom stereocenters. The lowest BCUT2D eigenvalue weighted by Crippen LogP contribution is -2.24. The first-order valence-corrected chi connectivity index (χ1v) is 6.44. The van der Waals surface area contributed by atoms with Crippen LogP contribution >= 0.6 is 0 Å². The van der Waals surface area contributed by atoms with Crippen LogP contribution in [0.3, 0.4) is 0 Å². The van der Waals surface area contributed by atoms with Crippen LogP contribution in [0.15, 0.2) is 12.1 Å². The molecule has 4 nitrogen and oxygen atoms in total. The summed E-state index contributed by atoms with van der Waals surface area (Å²) >= 11 is 0. The van der Waals surface area contributed by atoms with Crippen molar-refractivity contribution >= 4 is 5.97 Å². The first-order valence-electron chi connectivity index (χ1n) is 6.44. The normalized spacial score (nSPS) is 23.7. The average molecular weight is 249 g/mol. The third kappa shape index (κ3) is 3.00. The first kappa shape index (κ1) is 12.9. The maximum absolute atomic E-state index is 11.1. The van der Waals surface area contributed by atoms with Crippen LogP contribution < -0.4 is 4.74 Å². The number of carboxylic acids is 1. The number of rotatable bonds is 3. The van der Waals surface area contributed by atoms with Crippen LogP contribution in [0.5, 0.6) is 5.88 Å². The number of nitrogens with zero attached hydrogens (tertiary/aromatic N) is 1. The fraction of sp³-hybridized carbons (Fsp3) is 0.571. The van der Waals surface area contributed by atoms with Gasteiger partial charge in [0.1, 0.15) is 11.7 Å². The molecule has 1 aromatic rings. The number of pyridine rings is 1. The number of aromatic carboxylic acids is 1. The molecule has 1 aromatic heterocycles. The van der Waals surface area contributed by atoms with Gasteiger partial charge in [-0.05, 0) is 50.7 Å². The zero-order valence-corrected chi connectivity index (χ0v) is 10.8. The van der Waals surface area contributed by atoms with Gasteiger partial charge in [0.05, 0.1) is 0 Å². The second kappa shape index (κ2) is 5.38. The predicted octanol–water partition coefficient (Wildman–Crippen LogP) is 3.05. The van der Waals surface area contributed by atoms with E-state index in [-0.39, 0.29) is 17.5 Å². The van der Waals surface area contributed by atoms with E-state index in [1.807, 2.05) is 6.92 Å². The Kier molecular flexibility index (Phi) is 3.84. The van der Waals surface area contributed by atoms with Gasteiger partial charge in [-0.2, -0.15) is 0 Å². The molecule has 18 heavy (non-hydrogen) atoms. The minimum absolute atomic E-state index is 0.105. The molecule has 1 aliphatic rings. The Hall–Kier alpha value is -1.58. The standard InChI is InChI=1S/C14H19NO3/c1-9-3-6-11(7-4-9)18-13-12(14(16)17)8-5-10(2)15-13/h5,8-9,11H,3-4,6-7H2,1-2H3,(H,16,17). The largest absolute Gasteiger partial charge is 0.477 e. The molecular weight excluding hydrogens is 230 g/mol. The van der Waals surface area contributed by atoms with Gasteiger partial charge >= 0.3 is 5.97 Å². The van der Waals surface area contributed by atoms with Gasteiger partial charge in [-0.3, -0.25) is 0 Å². The van der Waals surface area contributed by atoms with E-state index >= 15 is 0 Å². The third-order valence-corrected chi connectivity index (χ3v) is 3.47. The second-order valence-electron chi connectivity index (χ2n) is 5.11. The SMILES string of the molecule is Cc1ccc(C(=O)O)c(OC2CCC(C)CC2)n1. The van der Waals surface area contributed by atoms with Crippen molar-refractivity contribution in [2.75, 3.05) is 0 Å². The highest BCUT2D eigenvalue weighted by Crippen LogP contribution is 2.28. The molecule has 2 rings (SSSR count). The molecule has 1 heterocycles. The molecule has 1 aliphatic carbocycles. The minimum Gasteiger partial charge on any atom is -0.477 e. The molecule has 1 N–H and O–H groups in total. The molecule has 0 aliphatic heterocycles. The summed E-state index contributed by atoms with van der Waals surface area (Å²) in [4.78, 5) is 15.3. The van der Waals surface area contributed by atoms with Gasteiger partial charge in [-0.15, -0.1) is 0 Å². The lowest BCUT2D eigenvalue weighted by atomic mass is 9.89. The van der Waals surface area contributed by atoms with E-state index in [0.717, 1.165) is 37.3 Å². The fourth-order valence-electron chi connectivity index (χ4n) is 2.29. The van der Waals surface area contributed by atoms with Crippen molar-refractivity contribution in [3.05, 3.63) is 23.4 Å². The van der Waals surface area contributed by atoms with Crippen LogP contribution in [0.25, 0.3) is 0 Å². The molecule has 0 saturated heterocycles. The van der Waals surface area contributed by atoms with Crippen LogP contribution in [-0.4, -0.2) is 22.2 Å². The van der Waals surface area contributed by atoms with Gasteiger partial charge in [0.25, 0.3) is 0 Å². The Balaban J connectivity index is 2.12. The van der Waals surface area contributed by atoms with Gasteiger partial charge < -0.3 is 9.84 Å².